The van der Waals surface area contributed by atoms with Crippen LogP contribution in [0, 0.1) is 6.92 Å². The fourth-order valence-corrected chi connectivity index (χ4v) is 5.12. The minimum atomic E-state index is -0.101. The van der Waals surface area contributed by atoms with E-state index in [1.165, 1.54) is 19.3 Å². The Balaban J connectivity index is 1.54. The molecule has 1 aromatic rings. The molecule has 0 aromatic heterocycles. The molecular weight excluding hydrogens is 392 g/mol. The van der Waals surface area contributed by atoms with Crippen LogP contribution in [-0.2, 0) is 4.74 Å². The Hall–Kier alpha value is -1.21. The zero-order valence-corrected chi connectivity index (χ0v) is 18.1. The molecule has 1 saturated carbocycles. The summed E-state index contributed by atoms with van der Waals surface area (Å²) in [6.07, 6.45) is 5.91. The van der Waals surface area contributed by atoms with Gasteiger partial charge in [-0.05, 0) is 49.7 Å². The van der Waals surface area contributed by atoms with E-state index in [1.807, 2.05) is 18.2 Å². The second-order valence-electron chi connectivity index (χ2n) is 8.03. The van der Waals surface area contributed by atoms with E-state index in [1.54, 1.807) is 0 Å². The summed E-state index contributed by atoms with van der Waals surface area (Å²) in [5.74, 6) is 1.00. The molecule has 5 nitrogen and oxygen atoms in total. The van der Waals surface area contributed by atoms with E-state index in [-0.39, 0.29) is 5.54 Å². The van der Waals surface area contributed by atoms with Crippen LogP contribution < -0.4 is 5.32 Å². The van der Waals surface area contributed by atoms with Crippen LogP contribution in [-0.4, -0.2) is 65.7 Å². The van der Waals surface area contributed by atoms with Crippen molar-refractivity contribution in [2.24, 2.45) is 4.99 Å². The monoisotopic (exact) mass is 420 g/mol. The highest BCUT2D eigenvalue weighted by atomic mass is 35.5. The lowest BCUT2D eigenvalue weighted by Gasteiger charge is -2.43. The van der Waals surface area contributed by atoms with Crippen LogP contribution in [0.5, 0.6) is 0 Å². The molecule has 152 valence electrons. The Morgan fingerprint density at radius 2 is 1.93 bits per heavy atom. The number of halogens is 1. The summed E-state index contributed by atoms with van der Waals surface area (Å²) in [7, 11) is 0. The molecule has 0 unspecified atom stereocenters. The molecule has 2 aliphatic heterocycles. The predicted molar refractivity (Wildman–Crippen MR) is 120 cm³/mol. The van der Waals surface area contributed by atoms with Crippen LogP contribution in [0.25, 0.3) is 0 Å². The number of thiocarbonyl (C=S) groups is 1. The molecule has 7 heteroatoms. The van der Waals surface area contributed by atoms with E-state index in [2.05, 4.69) is 22.0 Å². The molecule has 0 atom stereocenters. The number of aryl methyl sites for hydroxylation is 1. The lowest BCUT2D eigenvalue weighted by molar-refractivity contribution is 0.0330. The molecule has 1 N–H and O–H groups in total. The Bertz CT molecular complexity index is 757. The third-order valence-corrected chi connectivity index (χ3v) is 6.82. The number of amidine groups is 1. The summed E-state index contributed by atoms with van der Waals surface area (Å²) >= 11 is 12.0. The van der Waals surface area contributed by atoms with Crippen molar-refractivity contribution >= 4 is 40.5 Å². The highest BCUT2D eigenvalue weighted by molar-refractivity contribution is 7.80. The number of nitrogens with zero attached hydrogens (tertiary/aromatic N) is 3. The summed E-state index contributed by atoms with van der Waals surface area (Å²) in [5, 5.41) is 5.06. The molecule has 0 radical (unpaired) electrons. The van der Waals surface area contributed by atoms with Crippen LogP contribution in [0.3, 0.4) is 0 Å². The standard InChI is InChI=1S/C21H29ClN4OS/c1-16-5-6-17(22)15-18(16)23-19-21(7-3-2-4-8-21)26(20(28)24-19)10-9-25-11-13-27-14-12-25/h5-6,15H,2-4,7-14H2,1H3,(H,23,24,28). The molecule has 1 spiro atoms. The maximum atomic E-state index is 6.24. The molecule has 4 rings (SSSR count). The van der Waals surface area contributed by atoms with Gasteiger partial charge in [-0.15, -0.1) is 0 Å². The Morgan fingerprint density at radius 1 is 1.18 bits per heavy atom. The topological polar surface area (TPSA) is 40.1 Å². The zero-order valence-electron chi connectivity index (χ0n) is 16.5. The lowest BCUT2D eigenvalue weighted by atomic mass is 9.79. The Kier molecular flexibility index (Phi) is 6.21. The molecule has 0 bridgehead atoms. The first-order valence-corrected chi connectivity index (χ1v) is 11.1. The molecule has 0 amide bonds. The van der Waals surface area contributed by atoms with Crippen molar-refractivity contribution in [2.45, 2.75) is 44.6 Å². The summed E-state index contributed by atoms with van der Waals surface area (Å²) in [4.78, 5) is 9.71. The first-order chi connectivity index (χ1) is 13.6. The van der Waals surface area contributed by atoms with Crippen molar-refractivity contribution in [3.63, 3.8) is 0 Å². The number of rotatable bonds is 4. The van der Waals surface area contributed by atoms with Gasteiger partial charge in [0, 0.05) is 36.9 Å². The number of hydrogen-bond acceptors (Lipinski definition) is 4. The fraction of sp³-hybridized carbons (Fsp3) is 0.619. The van der Waals surface area contributed by atoms with Gasteiger partial charge in [-0.25, -0.2) is 4.99 Å². The molecule has 2 fully saturated rings. The first kappa shape index (κ1) is 20.1. The number of anilines is 1. The number of ether oxygens (including phenoxy) is 1. The molecule has 3 aliphatic rings. The van der Waals surface area contributed by atoms with Crippen molar-refractivity contribution in [1.82, 2.24) is 9.80 Å². The molecular formula is C21H29ClN4OS. The number of nitrogens with one attached hydrogen (secondary N) is 1. The van der Waals surface area contributed by atoms with Crippen molar-refractivity contribution in [1.29, 1.82) is 0 Å². The predicted octanol–water partition coefficient (Wildman–Crippen LogP) is 4.09. The van der Waals surface area contributed by atoms with Crippen LogP contribution in [0.1, 0.15) is 37.7 Å². The van der Waals surface area contributed by atoms with Gasteiger partial charge in [-0.2, -0.15) is 0 Å². The number of morpholine rings is 1. The van der Waals surface area contributed by atoms with Gasteiger partial charge in [-0.1, -0.05) is 36.9 Å². The maximum Gasteiger partial charge on any atom is 0.198 e. The van der Waals surface area contributed by atoms with Crippen LogP contribution in [0.15, 0.2) is 23.2 Å². The van der Waals surface area contributed by atoms with Crippen LogP contribution >= 0.6 is 23.8 Å². The van der Waals surface area contributed by atoms with Crippen molar-refractivity contribution in [2.75, 3.05) is 44.7 Å². The summed E-state index contributed by atoms with van der Waals surface area (Å²) in [6.45, 7) is 7.67. The third-order valence-electron chi connectivity index (χ3n) is 6.27. The minimum Gasteiger partial charge on any atom is -0.379 e. The maximum absolute atomic E-state index is 6.24. The van der Waals surface area contributed by atoms with Gasteiger partial charge in [0.15, 0.2) is 5.11 Å². The van der Waals surface area contributed by atoms with Gasteiger partial charge in [0.25, 0.3) is 0 Å². The first-order valence-electron chi connectivity index (χ1n) is 10.3. The summed E-state index contributed by atoms with van der Waals surface area (Å²) < 4.78 is 5.48. The number of benzene rings is 1. The van der Waals surface area contributed by atoms with Gasteiger partial charge in [0.1, 0.15) is 11.4 Å². The highest BCUT2D eigenvalue weighted by Crippen LogP contribution is 2.39. The van der Waals surface area contributed by atoms with Gasteiger partial charge in [0.05, 0.1) is 13.2 Å². The summed E-state index contributed by atoms with van der Waals surface area (Å²) in [6, 6.07) is 5.95. The SMILES string of the molecule is Cc1ccc(Cl)cc1NC1=NC(=S)N(CCN2CCOCC2)C12CCCCC2. The zero-order chi connectivity index (χ0) is 19.6. The quantitative estimate of drug-likeness (QED) is 0.742. The van der Waals surface area contributed by atoms with Gasteiger partial charge < -0.3 is 15.0 Å². The average Bonchev–Trinajstić information content (AvgIpc) is 2.95. The van der Waals surface area contributed by atoms with Crippen molar-refractivity contribution in [3.8, 4) is 0 Å². The van der Waals surface area contributed by atoms with E-state index < -0.39 is 0 Å². The largest absolute Gasteiger partial charge is 0.379 e. The highest BCUT2D eigenvalue weighted by Gasteiger charge is 2.48. The van der Waals surface area contributed by atoms with E-state index in [0.29, 0.717) is 0 Å². The third kappa shape index (κ3) is 4.06. The number of hydrogen-bond donors (Lipinski definition) is 1. The molecule has 1 aromatic carbocycles. The van der Waals surface area contributed by atoms with E-state index in [9.17, 15) is 0 Å². The fourth-order valence-electron chi connectivity index (χ4n) is 4.59. The summed E-state index contributed by atoms with van der Waals surface area (Å²) in [5.41, 5.74) is 2.08. The second kappa shape index (κ2) is 8.66. The van der Waals surface area contributed by atoms with E-state index in [4.69, 9.17) is 33.5 Å². The molecule has 1 saturated heterocycles. The molecule has 2 heterocycles. The van der Waals surface area contributed by atoms with E-state index in [0.717, 1.165) is 79.5 Å². The van der Waals surface area contributed by atoms with Crippen molar-refractivity contribution < 1.29 is 4.74 Å². The molecule has 1 aliphatic carbocycles. The minimum absolute atomic E-state index is 0.101. The average molecular weight is 421 g/mol. The second-order valence-corrected chi connectivity index (χ2v) is 8.83. The van der Waals surface area contributed by atoms with E-state index >= 15 is 0 Å². The number of aliphatic imine (C=N–C) groups is 1. The normalized spacial score (nSPS) is 22.6. The van der Waals surface area contributed by atoms with Crippen molar-refractivity contribution in [3.05, 3.63) is 28.8 Å². The molecule has 28 heavy (non-hydrogen) atoms. The van der Waals surface area contributed by atoms with Crippen LogP contribution in [0.2, 0.25) is 5.02 Å². The van der Waals surface area contributed by atoms with Gasteiger partial charge in [-0.3, -0.25) is 4.90 Å². The smallest absolute Gasteiger partial charge is 0.198 e. The van der Waals surface area contributed by atoms with Gasteiger partial charge >= 0.3 is 0 Å². The lowest BCUT2D eigenvalue weighted by Crippen LogP contribution is -2.56. The Labute approximate surface area is 178 Å². The van der Waals surface area contributed by atoms with Crippen LogP contribution in [0.4, 0.5) is 5.69 Å². The Morgan fingerprint density at radius 3 is 2.68 bits per heavy atom. The van der Waals surface area contributed by atoms with Gasteiger partial charge in [0.2, 0.25) is 0 Å².